The average Bonchev–Trinajstić information content (AvgIpc) is 2.75. The lowest BCUT2D eigenvalue weighted by molar-refractivity contribution is 0.0308. The summed E-state index contributed by atoms with van der Waals surface area (Å²) in [6.45, 7) is 8.38. The van der Waals surface area contributed by atoms with Crippen molar-refractivity contribution in [2.75, 3.05) is 26.3 Å². The van der Waals surface area contributed by atoms with Crippen LogP contribution in [-0.4, -0.2) is 43.5 Å². The quantitative estimate of drug-likeness (QED) is 0.292. The van der Waals surface area contributed by atoms with Gasteiger partial charge in [0.25, 0.3) is 0 Å². The molecule has 0 fully saturated rings. The molecule has 6 nitrogen and oxygen atoms in total. The third-order valence-corrected chi connectivity index (χ3v) is 4.01. The Bertz CT molecular complexity index is 750. The van der Waals surface area contributed by atoms with Gasteiger partial charge in [0.1, 0.15) is 12.4 Å². The minimum atomic E-state index is -0.634. The van der Waals surface area contributed by atoms with Crippen LogP contribution in [-0.2, 0) is 17.9 Å². The van der Waals surface area contributed by atoms with E-state index in [9.17, 15) is 5.11 Å². The van der Waals surface area contributed by atoms with Crippen molar-refractivity contribution in [3.8, 4) is 5.75 Å². The van der Waals surface area contributed by atoms with Crippen LogP contribution in [0.25, 0.3) is 0 Å². The third-order valence-electron chi connectivity index (χ3n) is 4.01. The van der Waals surface area contributed by atoms with Crippen LogP contribution >= 0.6 is 0 Å². The maximum absolute atomic E-state index is 10.2. The molecule has 2 rings (SSSR count). The molecule has 0 bridgehead atoms. The van der Waals surface area contributed by atoms with Crippen molar-refractivity contribution in [1.82, 2.24) is 10.6 Å². The first-order valence-corrected chi connectivity index (χ1v) is 9.86. The zero-order valence-electron chi connectivity index (χ0n) is 17.0. The van der Waals surface area contributed by atoms with E-state index in [0.29, 0.717) is 32.3 Å². The van der Waals surface area contributed by atoms with Crippen molar-refractivity contribution in [3.63, 3.8) is 0 Å². The second-order valence-corrected chi connectivity index (χ2v) is 6.44. The van der Waals surface area contributed by atoms with E-state index < -0.39 is 6.10 Å². The molecule has 156 valence electrons. The van der Waals surface area contributed by atoms with Gasteiger partial charge in [-0.05, 0) is 18.6 Å². The Morgan fingerprint density at radius 2 is 1.90 bits per heavy atom. The largest absolute Gasteiger partial charge is 0.489 e. The highest BCUT2D eigenvalue weighted by Crippen LogP contribution is 2.18. The first-order valence-electron chi connectivity index (χ1n) is 9.86. The van der Waals surface area contributed by atoms with E-state index in [1.807, 2.05) is 61.5 Å². The molecule has 0 aliphatic heterocycles. The number of nitrogens with zero attached hydrogens (tertiary/aromatic N) is 1. The van der Waals surface area contributed by atoms with Gasteiger partial charge in [-0.1, -0.05) is 61.2 Å². The molecule has 3 N–H and O–H groups in total. The Kier molecular flexibility index (Phi) is 10.3. The summed E-state index contributed by atoms with van der Waals surface area (Å²) in [6.07, 6.45) is 1.08. The summed E-state index contributed by atoms with van der Waals surface area (Å²) < 4.78 is 11.3. The fourth-order valence-electron chi connectivity index (χ4n) is 2.59. The first-order chi connectivity index (χ1) is 14.2. The van der Waals surface area contributed by atoms with Crippen LogP contribution < -0.4 is 15.4 Å². The average molecular weight is 398 g/mol. The minimum Gasteiger partial charge on any atom is -0.489 e. The number of benzene rings is 2. The number of aliphatic hydroxyl groups excluding tert-OH is 1. The van der Waals surface area contributed by atoms with Gasteiger partial charge in [-0.3, -0.25) is 0 Å². The molecule has 0 heterocycles. The van der Waals surface area contributed by atoms with E-state index in [2.05, 4.69) is 22.2 Å². The Morgan fingerprint density at radius 3 is 2.66 bits per heavy atom. The van der Waals surface area contributed by atoms with Gasteiger partial charge < -0.3 is 25.2 Å². The number of hydrogen-bond donors (Lipinski definition) is 3. The van der Waals surface area contributed by atoms with E-state index in [1.54, 1.807) is 6.08 Å². The lowest BCUT2D eigenvalue weighted by Crippen LogP contribution is -2.42. The number of nitrogens with one attached hydrogen (secondary N) is 2. The van der Waals surface area contributed by atoms with Crippen LogP contribution in [0.15, 0.2) is 72.2 Å². The third kappa shape index (κ3) is 8.81. The van der Waals surface area contributed by atoms with Crippen LogP contribution in [0.5, 0.6) is 5.75 Å². The van der Waals surface area contributed by atoms with Crippen LogP contribution in [0.3, 0.4) is 0 Å². The molecule has 0 aliphatic carbocycles. The lowest BCUT2D eigenvalue weighted by Gasteiger charge is -2.16. The summed E-state index contributed by atoms with van der Waals surface area (Å²) in [6, 6.07) is 17.7. The molecule has 0 aliphatic rings. The van der Waals surface area contributed by atoms with Crippen LogP contribution in [0, 0.1) is 0 Å². The summed E-state index contributed by atoms with van der Waals surface area (Å²) in [5, 5.41) is 16.5. The van der Waals surface area contributed by atoms with Crippen molar-refractivity contribution in [2.24, 2.45) is 4.99 Å². The van der Waals surface area contributed by atoms with Gasteiger partial charge in [0.2, 0.25) is 0 Å². The predicted molar refractivity (Wildman–Crippen MR) is 117 cm³/mol. The molecule has 1 atom stereocenters. The normalized spacial score (nSPS) is 12.3. The highest BCUT2D eigenvalue weighted by atomic mass is 16.5. The monoisotopic (exact) mass is 397 g/mol. The molecular weight excluding hydrogens is 366 g/mol. The van der Waals surface area contributed by atoms with E-state index in [0.717, 1.165) is 23.4 Å². The smallest absolute Gasteiger partial charge is 0.191 e. The van der Waals surface area contributed by atoms with Crippen molar-refractivity contribution in [2.45, 2.75) is 26.2 Å². The molecule has 29 heavy (non-hydrogen) atoms. The van der Waals surface area contributed by atoms with Gasteiger partial charge in [-0.15, -0.1) is 0 Å². The van der Waals surface area contributed by atoms with Gasteiger partial charge in [0.05, 0.1) is 25.9 Å². The van der Waals surface area contributed by atoms with E-state index >= 15 is 0 Å². The maximum atomic E-state index is 10.2. The van der Waals surface area contributed by atoms with Gasteiger partial charge in [0, 0.05) is 18.7 Å². The number of para-hydroxylation sites is 1. The zero-order chi connectivity index (χ0) is 20.7. The number of aliphatic hydroxyl groups is 1. The predicted octanol–water partition coefficient (Wildman–Crippen LogP) is 2.88. The van der Waals surface area contributed by atoms with Gasteiger partial charge in [0.15, 0.2) is 5.96 Å². The maximum Gasteiger partial charge on any atom is 0.191 e. The fourth-order valence-corrected chi connectivity index (χ4v) is 2.59. The van der Waals surface area contributed by atoms with Gasteiger partial charge in [-0.25, -0.2) is 4.99 Å². The number of rotatable bonds is 12. The summed E-state index contributed by atoms with van der Waals surface area (Å²) in [4.78, 5) is 4.59. The topological polar surface area (TPSA) is 75.1 Å². The summed E-state index contributed by atoms with van der Waals surface area (Å²) >= 11 is 0. The molecule has 6 heteroatoms. The summed E-state index contributed by atoms with van der Waals surface area (Å²) in [5.41, 5.74) is 2.07. The van der Waals surface area contributed by atoms with Crippen molar-refractivity contribution < 1.29 is 14.6 Å². The molecule has 0 aromatic heterocycles. The number of hydrogen-bond acceptors (Lipinski definition) is 4. The van der Waals surface area contributed by atoms with Crippen molar-refractivity contribution >= 4 is 5.96 Å². The first kappa shape index (κ1) is 22.5. The summed E-state index contributed by atoms with van der Waals surface area (Å²) in [7, 11) is 0. The number of aliphatic imine (C=N–C) groups is 1. The highest BCUT2D eigenvalue weighted by molar-refractivity contribution is 5.79. The molecule has 2 aromatic rings. The molecule has 1 unspecified atom stereocenters. The van der Waals surface area contributed by atoms with Crippen molar-refractivity contribution in [1.29, 1.82) is 0 Å². The minimum absolute atomic E-state index is 0.250. The number of ether oxygens (including phenoxy) is 2. The SMILES string of the molecule is C=CCOc1ccccc1CN=C(NCC)NCC(O)COCc1ccccc1. The Hall–Kier alpha value is -2.83. The van der Waals surface area contributed by atoms with Crippen molar-refractivity contribution in [3.05, 3.63) is 78.4 Å². The molecule has 0 saturated heterocycles. The fraction of sp³-hybridized carbons (Fsp3) is 0.348. The second-order valence-electron chi connectivity index (χ2n) is 6.44. The highest BCUT2D eigenvalue weighted by Gasteiger charge is 2.07. The molecule has 0 spiro atoms. The Morgan fingerprint density at radius 1 is 1.14 bits per heavy atom. The van der Waals surface area contributed by atoms with Crippen LogP contribution in [0.2, 0.25) is 0 Å². The number of guanidine groups is 1. The standard InChI is InChI=1S/C23H31N3O3/c1-3-14-29-22-13-9-8-12-20(22)15-25-23(24-4-2)26-16-21(27)18-28-17-19-10-6-5-7-11-19/h3,5-13,21,27H,1,4,14-18H2,2H3,(H2,24,25,26). The molecule has 0 radical (unpaired) electrons. The lowest BCUT2D eigenvalue weighted by atomic mass is 10.2. The van der Waals surface area contributed by atoms with Crippen LogP contribution in [0.1, 0.15) is 18.1 Å². The van der Waals surface area contributed by atoms with E-state index in [4.69, 9.17) is 9.47 Å². The second kappa shape index (κ2) is 13.4. The Labute approximate surface area is 173 Å². The molecule has 0 saturated carbocycles. The van der Waals surface area contributed by atoms with E-state index in [-0.39, 0.29) is 6.61 Å². The zero-order valence-corrected chi connectivity index (χ0v) is 17.0. The molecule has 2 aromatic carbocycles. The Balaban J connectivity index is 1.81. The summed E-state index contributed by atoms with van der Waals surface area (Å²) in [5.74, 6) is 1.43. The van der Waals surface area contributed by atoms with E-state index in [1.165, 1.54) is 0 Å². The van der Waals surface area contributed by atoms with Crippen LogP contribution in [0.4, 0.5) is 0 Å². The van der Waals surface area contributed by atoms with Gasteiger partial charge >= 0.3 is 0 Å². The van der Waals surface area contributed by atoms with Gasteiger partial charge in [-0.2, -0.15) is 0 Å². The molecule has 0 amide bonds. The molecular formula is C23H31N3O3.